The Morgan fingerprint density at radius 1 is 1.03 bits per heavy atom. The molecule has 8 nitrogen and oxygen atoms in total. The largest absolute Gasteiger partial charge is 0.497 e. The molecule has 0 saturated heterocycles. The first-order valence-electron chi connectivity index (χ1n) is 9.16. The van der Waals surface area contributed by atoms with E-state index in [2.05, 4.69) is 10.6 Å². The Bertz CT molecular complexity index is 945. The average molecular weight is 435 g/mol. The summed E-state index contributed by atoms with van der Waals surface area (Å²) in [6, 6.07) is 6.66. The van der Waals surface area contributed by atoms with Gasteiger partial charge in [-0.15, -0.1) is 11.3 Å². The number of carbonyl (C=O) groups is 3. The van der Waals surface area contributed by atoms with Gasteiger partial charge in [0.25, 0.3) is 5.91 Å². The third-order valence-electron chi connectivity index (χ3n) is 4.04. The van der Waals surface area contributed by atoms with Gasteiger partial charge in [0.1, 0.15) is 16.4 Å². The number of rotatable bonds is 7. The van der Waals surface area contributed by atoms with E-state index in [1.807, 2.05) is 0 Å². The van der Waals surface area contributed by atoms with E-state index >= 15 is 0 Å². The molecule has 0 spiro atoms. The van der Waals surface area contributed by atoms with Crippen molar-refractivity contribution in [3.63, 3.8) is 0 Å². The monoisotopic (exact) mass is 434 g/mol. The van der Waals surface area contributed by atoms with Crippen molar-refractivity contribution in [1.82, 2.24) is 0 Å². The molecule has 162 valence electrons. The third-order valence-corrected chi connectivity index (χ3v) is 5.17. The minimum Gasteiger partial charge on any atom is -0.497 e. The molecule has 1 heterocycles. The maximum Gasteiger partial charge on any atom is 0.349 e. The molecule has 0 unspecified atom stereocenters. The van der Waals surface area contributed by atoms with E-state index in [-0.39, 0.29) is 5.91 Å². The van der Waals surface area contributed by atoms with Gasteiger partial charge in [-0.1, -0.05) is 20.8 Å². The van der Waals surface area contributed by atoms with Gasteiger partial charge in [0.15, 0.2) is 6.61 Å². The fourth-order valence-corrected chi connectivity index (χ4v) is 3.30. The fraction of sp³-hybridized carbons (Fsp3) is 0.381. The molecular formula is C21H26N2O6S. The summed E-state index contributed by atoms with van der Waals surface area (Å²) >= 11 is 1.10. The van der Waals surface area contributed by atoms with Crippen LogP contribution in [-0.4, -0.2) is 38.6 Å². The molecule has 1 aromatic heterocycles. The Hall–Kier alpha value is -3.07. The summed E-state index contributed by atoms with van der Waals surface area (Å²) in [4.78, 5) is 37.1. The molecule has 0 radical (unpaired) electrons. The number of amides is 2. The van der Waals surface area contributed by atoms with Crippen LogP contribution in [0.15, 0.2) is 24.3 Å². The SMILES string of the molecule is COc1ccc(OC)c(NC(=O)COC(=O)c2sc(NC(=O)C(C)(C)C)cc2C)c1. The number of anilines is 2. The van der Waals surface area contributed by atoms with Crippen LogP contribution in [-0.2, 0) is 14.3 Å². The summed E-state index contributed by atoms with van der Waals surface area (Å²) in [6.07, 6.45) is 0. The Labute approximate surface area is 179 Å². The third kappa shape index (κ3) is 5.96. The van der Waals surface area contributed by atoms with Crippen LogP contribution in [0.4, 0.5) is 10.7 Å². The second-order valence-corrected chi connectivity index (χ2v) is 8.57. The lowest BCUT2D eigenvalue weighted by Gasteiger charge is -2.16. The normalized spacial score (nSPS) is 10.9. The molecule has 0 fully saturated rings. The molecule has 2 rings (SSSR count). The number of benzene rings is 1. The molecular weight excluding hydrogens is 408 g/mol. The van der Waals surface area contributed by atoms with Crippen molar-refractivity contribution < 1.29 is 28.6 Å². The molecule has 0 aliphatic carbocycles. The van der Waals surface area contributed by atoms with Crippen LogP contribution in [0.1, 0.15) is 36.0 Å². The molecule has 2 N–H and O–H groups in total. The number of carbonyl (C=O) groups excluding carboxylic acids is 3. The van der Waals surface area contributed by atoms with Gasteiger partial charge in [0, 0.05) is 11.5 Å². The van der Waals surface area contributed by atoms with Gasteiger partial charge in [-0.3, -0.25) is 9.59 Å². The van der Waals surface area contributed by atoms with Gasteiger partial charge in [-0.2, -0.15) is 0 Å². The van der Waals surface area contributed by atoms with Gasteiger partial charge in [-0.05, 0) is 30.7 Å². The van der Waals surface area contributed by atoms with Crippen LogP contribution < -0.4 is 20.1 Å². The maximum absolute atomic E-state index is 12.4. The van der Waals surface area contributed by atoms with Crippen LogP contribution >= 0.6 is 11.3 Å². The molecule has 0 saturated carbocycles. The fourth-order valence-electron chi connectivity index (χ4n) is 2.34. The second kappa shape index (κ2) is 9.62. The van der Waals surface area contributed by atoms with Crippen molar-refractivity contribution in [2.75, 3.05) is 31.5 Å². The van der Waals surface area contributed by atoms with Crippen LogP contribution in [0.25, 0.3) is 0 Å². The minimum atomic E-state index is -0.637. The predicted molar refractivity (Wildman–Crippen MR) is 116 cm³/mol. The van der Waals surface area contributed by atoms with Gasteiger partial charge in [0.05, 0.1) is 24.9 Å². The second-order valence-electron chi connectivity index (χ2n) is 7.52. The number of nitrogens with one attached hydrogen (secondary N) is 2. The van der Waals surface area contributed by atoms with Crippen LogP contribution in [0.3, 0.4) is 0 Å². The number of hydrogen-bond donors (Lipinski definition) is 2. The number of ether oxygens (including phenoxy) is 3. The van der Waals surface area contributed by atoms with Crippen molar-refractivity contribution in [1.29, 1.82) is 0 Å². The van der Waals surface area contributed by atoms with Crippen molar-refractivity contribution >= 4 is 39.8 Å². The quantitative estimate of drug-likeness (QED) is 0.642. The lowest BCUT2D eigenvalue weighted by Crippen LogP contribution is -2.27. The van der Waals surface area contributed by atoms with Crippen molar-refractivity contribution in [3.8, 4) is 11.5 Å². The van der Waals surface area contributed by atoms with E-state index < -0.39 is 23.9 Å². The smallest absolute Gasteiger partial charge is 0.349 e. The number of aryl methyl sites for hydroxylation is 1. The predicted octanol–water partition coefficient (Wildman–Crippen LogP) is 3.85. The Morgan fingerprint density at radius 3 is 2.33 bits per heavy atom. The molecule has 0 atom stereocenters. The first-order chi connectivity index (χ1) is 14.0. The maximum atomic E-state index is 12.4. The summed E-state index contributed by atoms with van der Waals surface area (Å²) < 4.78 is 15.5. The Kier molecular flexibility index (Phi) is 7.44. The van der Waals surface area contributed by atoms with E-state index in [1.54, 1.807) is 52.0 Å². The van der Waals surface area contributed by atoms with Gasteiger partial charge in [-0.25, -0.2) is 4.79 Å². The lowest BCUT2D eigenvalue weighted by atomic mass is 9.96. The number of hydrogen-bond acceptors (Lipinski definition) is 7. The first kappa shape index (κ1) is 23.2. The standard InChI is InChI=1S/C21H26N2O6S/c1-12-9-17(23-20(26)21(2,3)4)30-18(12)19(25)29-11-16(24)22-14-10-13(27-5)7-8-15(14)28-6/h7-10H,11H2,1-6H3,(H,22,24)(H,23,26). The van der Waals surface area contributed by atoms with Crippen molar-refractivity contribution in [3.05, 3.63) is 34.7 Å². The highest BCUT2D eigenvalue weighted by Gasteiger charge is 2.23. The summed E-state index contributed by atoms with van der Waals surface area (Å²) in [5.74, 6) is -0.326. The zero-order valence-corrected chi connectivity index (χ0v) is 18.7. The minimum absolute atomic E-state index is 0.157. The van der Waals surface area contributed by atoms with Crippen LogP contribution in [0, 0.1) is 12.3 Å². The lowest BCUT2D eigenvalue weighted by molar-refractivity contribution is -0.123. The summed E-state index contributed by atoms with van der Waals surface area (Å²) in [7, 11) is 2.99. The molecule has 9 heteroatoms. The van der Waals surface area contributed by atoms with E-state index in [0.29, 0.717) is 32.6 Å². The zero-order valence-electron chi connectivity index (χ0n) is 17.9. The zero-order chi connectivity index (χ0) is 22.5. The van der Waals surface area contributed by atoms with E-state index in [9.17, 15) is 14.4 Å². The highest BCUT2D eigenvalue weighted by Crippen LogP contribution is 2.30. The first-order valence-corrected chi connectivity index (χ1v) is 9.97. The highest BCUT2D eigenvalue weighted by atomic mass is 32.1. The molecule has 2 aromatic rings. The summed E-state index contributed by atoms with van der Waals surface area (Å²) in [5.41, 5.74) is 0.499. The van der Waals surface area contributed by atoms with E-state index in [1.165, 1.54) is 14.2 Å². The van der Waals surface area contributed by atoms with Gasteiger partial charge < -0.3 is 24.8 Å². The number of methoxy groups -OCH3 is 2. The molecule has 0 aliphatic rings. The summed E-state index contributed by atoms with van der Waals surface area (Å²) in [6.45, 7) is 6.66. The van der Waals surface area contributed by atoms with Crippen LogP contribution in [0.2, 0.25) is 0 Å². The van der Waals surface area contributed by atoms with E-state index in [4.69, 9.17) is 14.2 Å². The molecule has 30 heavy (non-hydrogen) atoms. The van der Waals surface area contributed by atoms with Crippen molar-refractivity contribution in [2.45, 2.75) is 27.7 Å². The summed E-state index contributed by atoms with van der Waals surface area (Å²) in [5, 5.41) is 5.96. The molecule has 0 aliphatic heterocycles. The number of thiophene rings is 1. The Balaban J connectivity index is 1.99. The average Bonchev–Trinajstić information content (AvgIpc) is 3.05. The van der Waals surface area contributed by atoms with E-state index in [0.717, 1.165) is 11.3 Å². The molecule has 2 amide bonds. The molecule has 0 bridgehead atoms. The highest BCUT2D eigenvalue weighted by molar-refractivity contribution is 7.18. The molecule has 1 aromatic carbocycles. The van der Waals surface area contributed by atoms with Gasteiger partial charge >= 0.3 is 5.97 Å². The topological polar surface area (TPSA) is 103 Å². The van der Waals surface area contributed by atoms with Crippen LogP contribution in [0.5, 0.6) is 11.5 Å². The van der Waals surface area contributed by atoms with Crippen molar-refractivity contribution in [2.24, 2.45) is 5.41 Å². The number of esters is 1. The van der Waals surface area contributed by atoms with Gasteiger partial charge in [0.2, 0.25) is 5.91 Å². The Morgan fingerprint density at radius 2 is 1.73 bits per heavy atom.